The minimum atomic E-state index is 0.592. The average Bonchev–Trinajstić information content (AvgIpc) is 3.91. The summed E-state index contributed by atoms with van der Waals surface area (Å²) in [4.78, 5) is 15.4. The normalized spacial score (nSPS) is 11.9. The number of nitrogens with zero attached hydrogens (tertiary/aromatic N) is 4. The third kappa shape index (κ3) is 5.06. The van der Waals surface area contributed by atoms with E-state index in [0.717, 1.165) is 91.2 Å². The Bertz CT molecular complexity index is 3260. The molecule has 0 bridgehead atoms. The van der Waals surface area contributed by atoms with Gasteiger partial charge in [-0.3, -0.25) is 0 Å². The first-order valence-electron chi connectivity index (χ1n) is 18.9. The van der Waals surface area contributed by atoms with Gasteiger partial charge in [0.25, 0.3) is 0 Å². The van der Waals surface area contributed by atoms with E-state index >= 15 is 0 Å². The van der Waals surface area contributed by atoms with Crippen molar-refractivity contribution in [3.63, 3.8) is 0 Å². The van der Waals surface area contributed by atoms with Crippen molar-refractivity contribution < 1.29 is 8.83 Å². The van der Waals surface area contributed by atoms with Crippen molar-refractivity contribution in [3.8, 4) is 39.9 Å². The van der Waals surface area contributed by atoms with Crippen LogP contribution < -0.4 is 0 Å². The van der Waals surface area contributed by atoms with Gasteiger partial charge in [0.1, 0.15) is 22.3 Å². The molecule has 0 aliphatic heterocycles. The van der Waals surface area contributed by atoms with Crippen LogP contribution in [0.4, 0.5) is 0 Å². The number of fused-ring (bicyclic) bond motifs is 9. The van der Waals surface area contributed by atoms with Gasteiger partial charge in [0, 0.05) is 60.8 Å². The van der Waals surface area contributed by atoms with Crippen LogP contribution in [-0.4, -0.2) is 19.5 Å². The molecule has 0 saturated carbocycles. The number of rotatable bonds is 7. The van der Waals surface area contributed by atoms with E-state index in [1.807, 2.05) is 60.7 Å². The number of furan rings is 2. The molecule has 6 nitrogen and oxygen atoms in total. The zero-order chi connectivity index (χ0) is 36.5. The molecule has 0 aliphatic carbocycles. The van der Waals surface area contributed by atoms with Gasteiger partial charge >= 0.3 is 0 Å². The van der Waals surface area contributed by atoms with Crippen molar-refractivity contribution in [1.82, 2.24) is 19.5 Å². The summed E-state index contributed by atoms with van der Waals surface area (Å²) in [6, 6.07) is 52.5. The molecule has 0 saturated heterocycles. The fourth-order valence-corrected chi connectivity index (χ4v) is 8.25. The highest BCUT2D eigenvalue weighted by molar-refractivity contribution is 6.17. The first-order chi connectivity index (χ1) is 27.2. The molecule has 11 rings (SSSR count). The third-order valence-electron chi connectivity index (χ3n) is 10.8. The summed E-state index contributed by atoms with van der Waals surface area (Å²) in [5, 5.41) is 6.70. The molecule has 0 amide bonds. The van der Waals surface area contributed by atoms with Gasteiger partial charge in [-0.25, -0.2) is 15.0 Å². The van der Waals surface area contributed by atoms with Gasteiger partial charge in [-0.15, -0.1) is 0 Å². The standard InChI is InChI=1S/C49H34N4O2/c1-2-3-14-30-17-12-22-35-39-28-38-34-20-7-9-24-40(34)53(41(38)29-44(39)55-46(30)35)33-19-11-18-32(27-33)48-50-47(31-15-5-4-6-16-31)51-49(52-48)37-23-13-26-43-45(37)36-21-8-10-25-42(36)54-43/h4-13,15-29H,2-3,14H2,1H3. The predicted octanol–water partition coefficient (Wildman–Crippen LogP) is 13.1. The molecule has 0 radical (unpaired) electrons. The molecule has 0 unspecified atom stereocenters. The van der Waals surface area contributed by atoms with Crippen molar-refractivity contribution >= 4 is 65.7 Å². The topological polar surface area (TPSA) is 69.9 Å². The molecule has 4 heterocycles. The summed E-state index contributed by atoms with van der Waals surface area (Å²) in [7, 11) is 0. The van der Waals surface area contributed by atoms with Gasteiger partial charge in [0.2, 0.25) is 0 Å². The van der Waals surface area contributed by atoms with Gasteiger partial charge in [-0.2, -0.15) is 0 Å². The second-order valence-electron chi connectivity index (χ2n) is 14.2. The quantitative estimate of drug-likeness (QED) is 0.165. The Morgan fingerprint density at radius 2 is 1.20 bits per heavy atom. The summed E-state index contributed by atoms with van der Waals surface area (Å²) >= 11 is 0. The zero-order valence-corrected chi connectivity index (χ0v) is 30.2. The molecule has 0 fully saturated rings. The molecule has 0 atom stereocenters. The lowest BCUT2D eigenvalue weighted by atomic mass is 10.0. The molecule has 0 aliphatic rings. The minimum absolute atomic E-state index is 0.592. The summed E-state index contributed by atoms with van der Waals surface area (Å²) in [6.07, 6.45) is 3.29. The van der Waals surface area contributed by atoms with E-state index in [-0.39, 0.29) is 0 Å². The van der Waals surface area contributed by atoms with E-state index in [0.29, 0.717) is 17.5 Å². The molecule has 55 heavy (non-hydrogen) atoms. The number of aryl methyl sites for hydroxylation is 1. The Balaban J connectivity index is 1.12. The van der Waals surface area contributed by atoms with E-state index in [2.05, 4.69) is 102 Å². The van der Waals surface area contributed by atoms with Crippen molar-refractivity contribution in [3.05, 3.63) is 157 Å². The molecular weight excluding hydrogens is 677 g/mol. The smallest absolute Gasteiger partial charge is 0.164 e. The lowest BCUT2D eigenvalue weighted by Crippen LogP contribution is -2.01. The van der Waals surface area contributed by atoms with Gasteiger partial charge in [-0.05, 0) is 54.8 Å². The maximum atomic E-state index is 6.68. The van der Waals surface area contributed by atoms with Crippen LogP contribution in [0.3, 0.4) is 0 Å². The number of para-hydroxylation sites is 3. The van der Waals surface area contributed by atoms with Crippen LogP contribution in [0.2, 0.25) is 0 Å². The summed E-state index contributed by atoms with van der Waals surface area (Å²) in [5.74, 6) is 1.79. The van der Waals surface area contributed by atoms with E-state index in [4.69, 9.17) is 23.8 Å². The third-order valence-corrected chi connectivity index (χ3v) is 10.8. The minimum Gasteiger partial charge on any atom is -0.456 e. The molecule has 11 aromatic rings. The van der Waals surface area contributed by atoms with Crippen molar-refractivity contribution in [1.29, 1.82) is 0 Å². The van der Waals surface area contributed by atoms with Crippen molar-refractivity contribution in [2.45, 2.75) is 26.2 Å². The van der Waals surface area contributed by atoms with Gasteiger partial charge in [0.15, 0.2) is 17.5 Å². The fourth-order valence-electron chi connectivity index (χ4n) is 8.25. The summed E-state index contributed by atoms with van der Waals surface area (Å²) in [5.41, 5.74) is 10.7. The zero-order valence-electron chi connectivity index (χ0n) is 30.2. The van der Waals surface area contributed by atoms with E-state index in [1.165, 1.54) is 21.7 Å². The summed E-state index contributed by atoms with van der Waals surface area (Å²) in [6.45, 7) is 2.23. The first-order valence-corrected chi connectivity index (χ1v) is 18.9. The predicted molar refractivity (Wildman–Crippen MR) is 224 cm³/mol. The second kappa shape index (κ2) is 12.5. The Kier molecular flexibility index (Phi) is 7.17. The Morgan fingerprint density at radius 3 is 2.09 bits per heavy atom. The van der Waals surface area contributed by atoms with Crippen LogP contribution in [0.1, 0.15) is 25.3 Å². The lowest BCUT2D eigenvalue weighted by molar-refractivity contribution is 0.659. The van der Waals surface area contributed by atoms with Crippen LogP contribution in [0.25, 0.3) is 106 Å². The number of benzene rings is 7. The maximum Gasteiger partial charge on any atom is 0.164 e. The molecule has 4 aromatic heterocycles. The van der Waals surface area contributed by atoms with Gasteiger partial charge in [0.05, 0.1) is 11.0 Å². The van der Waals surface area contributed by atoms with Crippen LogP contribution in [0, 0.1) is 0 Å². The van der Waals surface area contributed by atoms with Gasteiger partial charge < -0.3 is 13.4 Å². The molecule has 7 aromatic carbocycles. The Labute approximate surface area is 316 Å². The highest BCUT2D eigenvalue weighted by Crippen LogP contribution is 2.40. The van der Waals surface area contributed by atoms with Crippen molar-refractivity contribution in [2.75, 3.05) is 0 Å². The molecule has 262 valence electrons. The molecule has 0 N–H and O–H groups in total. The lowest BCUT2D eigenvalue weighted by Gasteiger charge is -2.12. The number of unbranched alkanes of at least 4 members (excludes halogenated alkanes) is 1. The monoisotopic (exact) mass is 710 g/mol. The van der Waals surface area contributed by atoms with Gasteiger partial charge in [-0.1, -0.05) is 123 Å². The number of hydrogen-bond donors (Lipinski definition) is 0. The fraction of sp³-hybridized carbons (Fsp3) is 0.0816. The van der Waals surface area contributed by atoms with Crippen molar-refractivity contribution in [2.24, 2.45) is 0 Å². The highest BCUT2D eigenvalue weighted by atomic mass is 16.3. The average molecular weight is 711 g/mol. The van der Waals surface area contributed by atoms with E-state index in [9.17, 15) is 0 Å². The van der Waals surface area contributed by atoms with Crippen LogP contribution >= 0.6 is 0 Å². The van der Waals surface area contributed by atoms with Crippen LogP contribution in [0.5, 0.6) is 0 Å². The highest BCUT2D eigenvalue weighted by Gasteiger charge is 2.20. The van der Waals surface area contributed by atoms with Crippen LogP contribution in [-0.2, 0) is 6.42 Å². The van der Waals surface area contributed by atoms with E-state index < -0.39 is 0 Å². The first kappa shape index (κ1) is 31.5. The number of hydrogen-bond acceptors (Lipinski definition) is 5. The Hall–Kier alpha value is -7.05. The molecule has 6 heteroatoms. The largest absolute Gasteiger partial charge is 0.456 e. The molecule has 0 spiro atoms. The number of aromatic nitrogens is 4. The second-order valence-corrected chi connectivity index (χ2v) is 14.2. The SMILES string of the molecule is CCCCc1cccc2c1oc1cc3c(cc12)c1ccccc1n3-c1cccc(-c2nc(-c3ccccc3)nc(-c3cccc4oc5ccccc5c34)n2)c1. The molecular formula is C49H34N4O2. The maximum absolute atomic E-state index is 6.68. The van der Waals surface area contributed by atoms with E-state index in [1.54, 1.807) is 0 Å². The van der Waals surface area contributed by atoms with Crippen LogP contribution in [0.15, 0.2) is 160 Å². The summed E-state index contributed by atoms with van der Waals surface area (Å²) < 4.78 is 15.3. The Morgan fingerprint density at radius 1 is 0.491 bits per heavy atom.